The Morgan fingerprint density at radius 1 is 1.26 bits per heavy atom. The molecule has 6 heteroatoms. The number of amides is 1. The van der Waals surface area contributed by atoms with Gasteiger partial charge in [-0.3, -0.25) is 4.79 Å². The average molecular weight is 334 g/mol. The summed E-state index contributed by atoms with van der Waals surface area (Å²) in [7, 11) is 0. The second-order valence-electron chi connectivity index (χ2n) is 4.37. The predicted octanol–water partition coefficient (Wildman–Crippen LogP) is 3.29. The van der Waals surface area contributed by atoms with Crippen LogP contribution in [0.4, 0.5) is 8.78 Å². The molecule has 0 N–H and O–H groups in total. The molecule has 0 aromatic heterocycles. The quantitative estimate of drug-likeness (QED) is 0.794. The van der Waals surface area contributed by atoms with Crippen molar-refractivity contribution < 1.29 is 18.3 Å². The van der Waals surface area contributed by atoms with Crippen LogP contribution in [0.5, 0.6) is 5.75 Å². The molecule has 1 saturated heterocycles. The number of piperidine rings is 1. The van der Waals surface area contributed by atoms with Crippen molar-refractivity contribution in [2.24, 2.45) is 0 Å². The highest BCUT2D eigenvalue weighted by Crippen LogP contribution is 2.20. The highest BCUT2D eigenvalue weighted by molar-refractivity contribution is 9.09. The van der Waals surface area contributed by atoms with Crippen molar-refractivity contribution in [1.82, 2.24) is 4.90 Å². The van der Waals surface area contributed by atoms with Crippen LogP contribution < -0.4 is 4.74 Å². The molecule has 104 valence electrons. The molecule has 0 radical (unpaired) electrons. The molecule has 1 aromatic carbocycles. The Morgan fingerprint density at radius 3 is 2.37 bits per heavy atom. The van der Waals surface area contributed by atoms with Crippen LogP contribution >= 0.6 is 15.9 Å². The van der Waals surface area contributed by atoms with E-state index in [1.165, 1.54) is 24.3 Å². The zero-order valence-corrected chi connectivity index (χ0v) is 11.8. The van der Waals surface area contributed by atoms with E-state index in [9.17, 15) is 13.6 Å². The van der Waals surface area contributed by atoms with Gasteiger partial charge in [-0.15, -0.1) is 0 Å². The van der Waals surface area contributed by atoms with Crippen molar-refractivity contribution in [3.05, 3.63) is 29.8 Å². The fourth-order valence-corrected chi connectivity index (χ4v) is 2.42. The number of ether oxygens (including phenoxy) is 1. The van der Waals surface area contributed by atoms with E-state index in [2.05, 4.69) is 20.7 Å². The summed E-state index contributed by atoms with van der Waals surface area (Å²) in [5.41, 5.74) is 0.495. The number of alkyl halides is 3. The molecule has 1 heterocycles. The van der Waals surface area contributed by atoms with Gasteiger partial charge in [-0.1, -0.05) is 15.9 Å². The second kappa shape index (κ2) is 6.32. The molecule has 1 aliphatic rings. The molecule has 0 saturated carbocycles. The normalized spacial score (nSPS) is 16.7. The van der Waals surface area contributed by atoms with E-state index in [0.717, 1.165) is 12.8 Å². The van der Waals surface area contributed by atoms with E-state index in [0.29, 0.717) is 23.5 Å². The Kier molecular flexibility index (Phi) is 4.74. The van der Waals surface area contributed by atoms with Gasteiger partial charge in [0.05, 0.1) is 0 Å². The van der Waals surface area contributed by atoms with Crippen molar-refractivity contribution in [1.29, 1.82) is 0 Å². The third-order valence-corrected chi connectivity index (χ3v) is 3.95. The minimum atomic E-state index is -2.85. The maximum absolute atomic E-state index is 12.2. The number of carbonyl (C=O) groups excluding carboxylic acids is 1. The molecular formula is C13H14BrF2NO2. The van der Waals surface area contributed by atoms with Crippen molar-refractivity contribution in [2.75, 3.05) is 13.1 Å². The number of halogens is 3. The lowest BCUT2D eigenvalue weighted by molar-refractivity contribution is -0.0498. The molecule has 1 amide bonds. The molecule has 19 heavy (non-hydrogen) atoms. The summed E-state index contributed by atoms with van der Waals surface area (Å²) in [6.07, 6.45) is 1.86. The van der Waals surface area contributed by atoms with Gasteiger partial charge in [-0.2, -0.15) is 8.78 Å². The zero-order chi connectivity index (χ0) is 13.8. The predicted molar refractivity (Wildman–Crippen MR) is 70.9 cm³/mol. The Labute approximate surface area is 118 Å². The van der Waals surface area contributed by atoms with Gasteiger partial charge in [0.15, 0.2) is 0 Å². The molecule has 0 aliphatic carbocycles. The maximum atomic E-state index is 12.2. The van der Waals surface area contributed by atoms with E-state index in [4.69, 9.17) is 0 Å². The number of rotatable bonds is 3. The van der Waals surface area contributed by atoms with Gasteiger partial charge >= 0.3 is 6.61 Å². The van der Waals surface area contributed by atoms with E-state index in [1.54, 1.807) is 4.90 Å². The Hall–Kier alpha value is -1.17. The van der Waals surface area contributed by atoms with E-state index in [1.807, 2.05) is 0 Å². The number of hydrogen-bond donors (Lipinski definition) is 0. The van der Waals surface area contributed by atoms with E-state index >= 15 is 0 Å². The van der Waals surface area contributed by atoms with Crippen LogP contribution in [0.25, 0.3) is 0 Å². The number of benzene rings is 1. The lowest BCUT2D eigenvalue weighted by atomic mass is 10.1. The standard InChI is InChI=1S/C13H14BrF2NO2/c14-10-5-7-17(8-6-10)12(18)9-1-3-11(4-2-9)19-13(15)16/h1-4,10,13H,5-8H2. The summed E-state index contributed by atoms with van der Waals surface area (Å²) in [6, 6.07) is 5.80. The summed E-state index contributed by atoms with van der Waals surface area (Å²) in [5, 5.41) is 0. The zero-order valence-electron chi connectivity index (χ0n) is 10.2. The van der Waals surface area contributed by atoms with Crippen molar-refractivity contribution >= 4 is 21.8 Å². The van der Waals surface area contributed by atoms with Gasteiger partial charge in [-0.25, -0.2) is 0 Å². The molecule has 2 rings (SSSR count). The van der Waals surface area contributed by atoms with Gasteiger partial charge in [0.25, 0.3) is 5.91 Å². The highest BCUT2D eigenvalue weighted by Gasteiger charge is 2.22. The first-order valence-electron chi connectivity index (χ1n) is 6.04. The SMILES string of the molecule is O=C(c1ccc(OC(F)F)cc1)N1CCC(Br)CC1. The molecule has 0 unspecified atom stereocenters. The van der Waals surface area contributed by atoms with E-state index < -0.39 is 6.61 Å². The molecule has 1 fully saturated rings. The van der Waals surface area contributed by atoms with Crippen LogP contribution in [-0.4, -0.2) is 35.3 Å². The summed E-state index contributed by atoms with van der Waals surface area (Å²) < 4.78 is 28.3. The van der Waals surface area contributed by atoms with Crippen molar-refractivity contribution in [3.8, 4) is 5.75 Å². The van der Waals surface area contributed by atoms with Crippen molar-refractivity contribution in [3.63, 3.8) is 0 Å². The monoisotopic (exact) mass is 333 g/mol. The Balaban J connectivity index is 1.99. The molecular weight excluding hydrogens is 320 g/mol. The topological polar surface area (TPSA) is 29.5 Å². The average Bonchev–Trinajstić information content (AvgIpc) is 2.39. The summed E-state index contributed by atoms with van der Waals surface area (Å²) in [6.45, 7) is -1.42. The third-order valence-electron chi connectivity index (χ3n) is 3.04. The fraction of sp³-hybridized carbons (Fsp3) is 0.462. The summed E-state index contributed by atoms with van der Waals surface area (Å²) >= 11 is 3.53. The molecule has 1 aliphatic heterocycles. The molecule has 3 nitrogen and oxygen atoms in total. The lowest BCUT2D eigenvalue weighted by Gasteiger charge is -2.29. The first-order chi connectivity index (χ1) is 9.06. The van der Waals surface area contributed by atoms with Crippen LogP contribution in [0.2, 0.25) is 0 Å². The van der Waals surface area contributed by atoms with Gasteiger partial charge in [0, 0.05) is 23.5 Å². The van der Waals surface area contributed by atoms with Gasteiger partial charge in [0.2, 0.25) is 0 Å². The van der Waals surface area contributed by atoms with Gasteiger partial charge in [0.1, 0.15) is 5.75 Å². The van der Waals surface area contributed by atoms with Crippen LogP contribution in [0, 0.1) is 0 Å². The van der Waals surface area contributed by atoms with E-state index in [-0.39, 0.29) is 11.7 Å². The van der Waals surface area contributed by atoms with Crippen LogP contribution in [0.1, 0.15) is 23.2 Å². The molecule has 0 spiro atoms. The number of likely N-dealkylation sites (tertiary alicyclic amines) is 1. The lowest BCUT2D eigenvalue weighted by Crippen LogP contribution is -2.38. The van der Waals surface area contributed by atoms with Crippen molar-refractivity contribution in [2.45, 2.75) is 24.3 Å². The van der Waals surface area contributed by atoms with Crippen LogP contribution in [0.3, 0.4) is 0 Å². The first-order valence-corrected chi connectivity index (χ1v) is 6.96. The molecule has 0 bridgehead atoms. The highest BCUT2D eigenvalue weighted by atomic mass is 79.9. The summed E-state index contributed by atoms with van der Waals surface area (Å²) in [4.78, 5) is 14.4. The maximum Gasteiger partial charge on any atom is 0.387 e. The minimum absolute atomic E-state index is 0.0608. The van der Waals surface area contributed by atoms with Gasteiger partial charge in [-0.05, 0) is 37.1 Å². The first kappa shape index (κ1) is 14.2. The number of carbonyl (C=O) groups is 1. The molecule has 0 atom stereocenters. The second-order valence-corrected chi connectivity index (χ2v) is 5.66. The summed E-state index contributed by atoms with van der Waals surface area (Å²) in [5.74, 6) is -0.00582. The Morgan fingerprint density at radius 2 is 1.84 bits per heavy atom. The Bertz CT molecular complexity index is 431. The largest absolute Gasteiger partial charge is 0.435 e. The molecule has 1 aromatic rings. The van der Waals surface area contributed by atoms with Crippen LogP contribution in [-0.2, 0) is 0 Å². The smallest absolute Gasteiger partial charge is 0.387 e. The minimum Gasteiger partial charge on any atom is -0.435 e. The van der Waals surface area contributed by atoms with Gasteiger partial charge < -0.3 is 9.64 Å². The van der Waals surface area contributed by atoms with Crippen LogP contribution in [0.15, 0.2) is 24.3 Å². The number of hydrogen-bond acceptors (Lipinski definition) is 2. The fourth-order valence-electron chi connectivity index (χ4n) is 2.01. The number of nitrogens with zero attached hydrogens (tertiary/aromatic N) is 1. The third kappa shape index (κ3) is 3.89.